The molecule has 1 amide bonds. The Morgan fingerprint density at radius 3 is 2.66 bits per heavy atom. The van der Waals surface area contributed by atoms with Crippen molar-refractivity contribution >= 4 is 22.8 Å². The number of fused-ring (bicyclic) bond motifs is 3. The van der Waals surface area contributed by atoms with Gasteiger partial charge >= 0.3 is 5.97 Å². The van der Waals surface area contributed by atoms with Crippen molar-refractivity contribution in [3.8, 4) is 5.75 Å². The van der Waals surface area contributed by atoms with Crippen LogP contribution in [0, 0.1) is 6.92 Å². The molecule has 0 radical (unpaired) electrons. The summed E-state index contributed by atoms with van der Waals surface area (Å²) in [6, 6.07) is 13.7. The van der Waals surface area contributed by atoms with Crippen LogP contribution >= 0.6 is 0 Å². The number of hydrogen-bond acceptors (Lipinski definition) is 4. The molecule has 0 saturated heterocycles. The first-order valence-corrected chi connectivity index (χ1v) is 9.80. The van der Waals surface area contributed by atoms with E-state index in [0.29, 0.717) is 18.7 Å². The topological polar surface area (TPSA) is 94.6 Å². The predicted molar refractivity (Wildman–Crippen MR) is 110 cm³/mol. The minimum absolute atomic E-state index is 0.362. The summed E-state index contributed by atoms with van der Waals surface area (Å²) in [5.74, 6) is -1.16. The monoisotopic (exact) mass is 392 g/mol. The summed E-state index contributed by atoms with van der Waals surface area (Å²) >= 11 is 0. The largest absolute Gasteiger partial charge is 0.424 e. The molecule has 2 aromatic carbocycles. The van der Waals surface area contributed by atoms with Crippen molar-refractivity contribution in [3.05, 3.63) is 64.8 Å². The Hall–Kier alpha value is -3.12. The number of primary amides is 1. The highest BCUT2D eigenvalue weighted by Gasteiger charge is 2.33. The minimum atomic E-state index is -0.730. The van der Waals surface area contributed by atoms with Crippen LogP contribution in [0.1, 0.15) is 41.1 Å². The molecule has 3 N–H and O–H groups in total. The van der Waals surface area contributed by atoms with Crippen LogP contribution in [0.5, 0.6) is 5.75 Å². The SMILES string of the molecule is Cc1ccc(OC(=O)CO)c2c3c(n(Cc4ccccc4)c12)CCCC3C(N)=O. The summed E-state index contributed by atoms with van der Waals surface area (Å²) in [5.41, 5.74) is 10.8. The zero-order valence-electron chi connectivity index (χ0n) is 16.4. The van der Waals surface area contributed by atoms with E-state index in [1.165, 1.54) is 0 Å². The molecule has 1 aliphatic rings. The van der Waals surface area contributed by atoms with E-state index in [-0.39, 0.29) is 5.91 Å². The van der Waals surface area contributed by atoms with Gasteiger partial charge in [0.15, 0.2) is 0 Å². The summed E-state index contributed by atoms with van der Waals surface area (Å²) in [5, 5.41) is 9.90. The molecule has 29 heavy (non-hydrogen) atoms. The van der Waals surface area contributed by atoms with E-state index in [1.807, 2.05) is 31.2 Å². The minimum Gasteiger partial charge on any atom is -0.424 e. The van der Waals surface area contributed by atoms with Crippen LogP contribution in [0.25, 0.3) is 10.9 Å². The van der Waals surface area contributed by atoms with Gasteiger partial charge < -0.3 is 20.1 Å². The van der Waals surface area contributed by atoms with Crippen molar-refractivity contribution in [2.45, 2.75) is 38.6 Å². The van der Waals surface area contributed by atoms with E-state index in [1.54, 1.807) is 6.07 Å². The van der Waals surface area contributed by atoms with Gasteiger partial charge in [-0.1, -0.05) is 36.4 Å². The molecule has 0 fully saturated rings. The van der Waals surface area contributed by atoms with Crippen LogP contribution in [-0.2, 0) is 22.6 Å². The molecule has 6 nitrogen and oxygen atoms in total. The third kappa shape index (κ3) is 3.40. The van der Waals surface area contributed by atoms with E-state index < -0.39 is 18.5 Å². The number of aliphatic hydroxyl groups is 1. The van der Waals surface area contributed by atoms with E-state index in [0.717, 1.165) is 46.1 Å². The Kier molecular flexibility index (Phi) is 5.11. The number of esters is 1. The fraction of sp³-hybridized carbons (Fsp3) is 0.304. The number of rotatable bonds is 5. The van der Waals surface area contributed by atoms with E-state index in [2.05, 4.69) is 16.7 Å². The van der Waals surface area contributed by atoms with E-state index in [4.69, 9.17) is 15.6 Å². The second kappa shape index (κ2) is 7.72. The molecule has 1 aliphatic carbocycles. The fourth-order valence-corrected chi connectivity index (χ4v) is 4.44. The van der Waals surface area contributed by atoms with Gasteiger partial charge in [0.2, 0.25) is 5.91 Å². The lowest BCUT2D eigenvalue weighted by Gasteiger charge is -2.22. The van der Waals surface area contributed by atoms with Crippen LogP contribution in [0.3, 0.4) is 0 Å². The molecule has 0 spiro atoms. The molecule has 0 saturated carbocycles. The Morgan fingerprint density at radius 2 is 1.97 bits per heavy atom. The lowest BCUT2D eigenvalue weighted by molar-refractivity contribution is -0.137. The van der Waals surface area contributed by atoms with Crippen LogP contribution in [0.4, 0.5) is 0 Å². The highest BCUT2D eigenvalue weighted by atomic mass is 16.5. The van der Waals surface area contributed by atoms with Gasteiger partial charge in [0.25, 0.3) is 0 Å². The lowest BCUT2D eigenvalue weighted by Crippen LogP contribution is -2.25. The lowest BCUT2D eigenvalue weighted by atomic mass is 9.84. The number of nitrogens with zero attached hydrogens (tertiary/aromatic N) is 1. The maximum atomic E-state index is 12.3. The van der Waals surface area contributed by atoms with Gasteiger partial charge in [-0.15, -0.1) is 0 Å². The van der Waals surface area contributed by atoms with Crippen LogP contribution in [0.2, 0.25) is 0 Å². The van der Waals surface area contributed by atoms with E-state index in [9.17, 15) is 9.59 Å². The highest BCUT2D eigenvalue weighted by Crippen LogP contribution is 2.44. The summed E-state index contributed by atoms with van der Waals surface area (Å²) in [6.45, 7) is 1.95. The smallest absolute Gasteiger partial charge is 0.337 e. The fourth-order valence-electron chi connectivity index (χ4n) is 4.44. The number of amides is 1. The van der Waals surface area contributed by atoms with Crippen molar-refractivity contribution in [2.24, 2.45) is 5.73 Å². The Bertz CT molecular complexity index is 1090. The summed E-state index contributed by atoms with van der Waals surface area (Å²) in [6.07, 6.45) is 2.37. The Labute approximate surface area is 168 Å². The van der Waals surface area contributed by atoms with Crippen LogP contribution in [-0.4, -0.2) is 28.2 Å². The number of carbonyl (C=O) groups is 2. The summed E-state index contributed by atoms with van der Waals surface area (Å²) in [7, 11) is 0. The first kappa shape index (κ1) is 19.2. The number of carbonyl (C=O) groups excluding carboxylic acids is 2. The maximum Gasteiger partial charge on any atom is 0.337 e. The predicted octanol–water partition coefficient (Wildman–Crippen LogP) is 2.80. The molecule has 6 heteroatoms. The van der Waals surface area contributed by atoms with Crippen molar-refractivity contribution in [1.29, 1.82) is 0 Å². The average Bonchev–Trinajstić information content (AvgIpc) is 3.06. The van der Waals surface area contributed by atoms with Gasteiger partial charge in [0.1, 0.15) is 12.4 Å². The van der Waals surface area contributed by atoms with Crippen LogP contribution < -0.4 is 10.5 Å². The van der Waals surface area contributed by atoms with Gasteiger partial charge in [-0.25, -0.2) is 4.79 Å². The van der Waals surface area contributed by atoms with Crippen molar-refractivity contribution in [2.75, 3.05) is 6.61 Å². The van der Waals surface area contributed by atoms with Crippen LogP contribution in [0.15, 0.2) is 42.5 Å². The second-order valence-electron chi connectivity index (χ2n) is 7.52. The molecule has 1 heterocycles. The number of aliphatic hydroxyl groups excluding tert-OH is 1. The Balaban J connectivity index is 2.01. The third-order valence-electron chi connectivity index (χ3n) is 5.65. The second-order valence-corrected chi connectivity index (χ2v) is 7.52. The molecule has 0 aliphatic heterocycles. The van der Waals surface area contributed by atoms with Crippen molar-refractivity contribution in [3.63, 3.8) is 0 Å². The number of nitrogens with two attached hydrogens (primary N) is 1. The molecule has 3 aromatic rings. The number of benzene rings is 2. The number of aryl methyl sites for hydroxylation is 1. The molecule has 4 rings (SSSR count). The Morgan fingerprint density at radius 1 is 1.21 bits per heavy atom. The number of ether oxygens (including phenoxy) is 1. The van der Waals surface area contributed by atoms with Gasteiger partial charge in [0.05, 0.1) is 11.4 Å². The van der Waals surface area contributed by atoms with Gasteiger partial charge in [-0.2, -0.15) is 0 Å². The van der Waals surface area contributed by atoms with Gasteiger partial charge in [-0.3, -0.25) is 4.79 Å². The highest BCUT2D eigenvalue weighted by molar-refractivity contribution is 5.99. The average molecular weight is 392 g/mol. The zero-order chi connectivity index (χ0) is 20.5. The van der Waals surface area contributed by atoms with Crippen molar-refractivity contribution in [1.82, 2.24) is 4.57 Å². The molecule has 150 valence electrons. The quantitative estimate of drug-likeness (QED) is 0.516. The van der Waals surface area contributed by atoms with Gasteiger partial charge in [0, 0.05) is 17.6 Å². The number of aromatic nitrogens is 1. The van der Waals surface area contributed by atoms with E-state index >= 15 is 0 Å². The number of hydrogen-bond donors (Lipinski definition) is 2. The van der Waals surface area contributed by atoms with Gasteiger partial charge in [-0.05, 0) is 48.9 Å². The molecule has 1 atom stereocenters. The summed E-state index contributed by atoms with van der Waals surface area (Å²) in [4.78, 5) is 24.1. The first-order valence-electron chi connectivity index (χ1n) is 9.80. The third-order valence-corrected chi connectivity index (χ3v) is 5.65. The molecule has 1 aromatic heterocycles. The zero-order valence-corrected chi connectivity index (χ0v) is 16.4. The van der Waals surface area contributed by atoms with Crippen molar-refractivity contribution < 1.29 is 19.4 Å². The molecule has 1 unspecified atom stereocenters. The summed E-state index contributed by atoms with van der Waals surface area (Å²) < 4.78 is 7.66. The normalized spacial score (nSPS) is 15.9. The first-order chi connectivity index (χ1) is 14.0. The maximum absolute atomic E-state index is 12.3. The molecule has 0 bridgehead atoms. The molecular formula is C23H24N2O4. The standard InChI is InChI=1S/C23H24N2O4/c1-14-10-11-18(29-19(27)13-26)21-20-16(23(24)28)8-5-9-17(20)25(22(14)21)12-15-6-3-2-4-7-15/h2-4,6-7,10-11,16,26H,5,8-9,12-13H2,1H3,(H2,24,28). The molecular weight excluding hydrogens is 368 g/mol.